The molecular formula is C20H20F5N3O. The lowest BCUT2D eigenvalue weighted by molar-refractivity contribution is -0.137. The van der Waals surface area contributed by atoms with Crippen molar-refractivity contribution in [2.45, 2.75) is 12.6 Å². The zero-order valence-electron chi connectivity index (χ0n) is 15.4. The molecular weight excluding hydrogens is 393 g/mol. The van der Waals surface area contributed by atoms with Gasteiger partial charge < -0.3 is 15.5 Å². The second kappa shape index (κ2) is 8.67. The molecule has 1 aliphatic heterocycles. The fraction of sp³-hybridized carbons (Fsp3) is 0.350. The quantitative estimate of drug-likeness (QED) is 0.703. The Balaban J connectivity index is 1.44. The van der Waals surface area contributed by atoms with E-state index in [9.17, 15) is 26.7 Å². The van der Waals surface area contributed by atoms with Gasteiger partial charge in [0.05, 0.1) is 12.1 Å². The predicted molar refractivity (Wildman–Crippen MR) is 99.6 cm³/mol. The SMILES string of the molecule is O=C(CNc1cccc(C(F)(F)F)c1)NCC1CCN(c2ccc(F)c(F)c2)C1. The zero-order valence-corrected chi connectivity index (χ0v) is 15.4. The van der Waals surface area contributed by atoms with Crippen molar-refractivity contribution >= 4 is 17.3 Å². The minimum Gasteiger partial charge on any atom is -0.376 e. The molecule has 4 nitrogen and oxygen atoms in total. The molecule has 1 unspecified atom stereocenters. The summed E-state index contributed by atoms with van der Waals surface area (Å²) >= 11 is 0. The van der Waals surface area contributed by atoms with Crippen molar-refractivity contribution in [1.82, 2.24) is 5.32 Å². The topological polar surface area (TPSA) is 44.4 Å². The van der Waals surface area contributed by atoms with Crippen LogP contribution in [0.1, 0.15) is 12.0 Å². The fourth-order valence-electron chi connectivity index (χ4n) is 3.22. The maximum absolute atomic E-state index is 13.4. The lowest BCUT2D eigenvalue weighted by Crippen LogP contribution is -2.34. The summed E-state index contributed by atoms with van der Waals surface area (Å²) < 4.78 is 64.5. The molecule has 2 N–H and O–H groups in total. The van der Waals surface area contributed by atoms with Crippen LogP contribution < -0.4 is 15.5 Å². The van der Waals surface area contributed by atoms with E-state index in [4.69, 9.17) is 0 Å². The van der Waals surface area contributed by atoms with E-state index in [1.165, 1.54) is 18.2 Å². The highest BCUT2D eigenvalue weighted by Gasteiger charge is 2.30. The van der Waals surface area contributed by atoms with E-state index in [1.807, 2.05) is 4.90 Å². The number of nitrogens with zero attached hydrogens (tertiary/aromatic N) is 1. The number of anilines is 2. The number of hydrogen-bond donors (Lipinski definition) is 2. The average molecular weight is 413 g/mol. The second-order valence-electron chi connectivity index (χ2n) is 6.94. The van der Waals surface area contributed by atoms with E-state index in [2.05, 4.69) is 10.6 Å². The Morgan fingerprint density at radius 2 is 1.90 bits per heavy atom. The number of alkyl halides is 3. The molecule has 0 saturated carbocycles. The highest BCUT2D eigenvalue weighted by molar-refractivity contribution is 5.80. The minimum atomic E-state index is -4.44. The van der Waals surface area contributed by atoms with Crippen molar-refractivity contribution in [3.63, 3.8) is 0 Å². The van der Waals surface area contributed by atoms with Gasteiger partial charge in [0.25, 0.3) is 0 Å². The van der Waals surface area contributed by atoms with E-state index >= 15 is 0 Å². The van der Waals surface area contributed by atoms with Crippen molar-refractivity contribution in [1.29, 1.82) is 0 Å². The molecule has 0 spiro atoms. The van der Waals surface area contributed by atoms with Crippen LogP contribution in [0, 0.1) is 17.6 Å². The van der Waals surface area contributed by atoms with Crippen LogP contribution in [0.3, 0.4) is 0 Å². The van der Waals surface area contributed by atoms with Crippen LogP contribution in [0.4, 0.5) is 33.3 Å². The van der Waals surface area contributed by atoms with Gasteiger partial charge in [0.2, 0.25) is 5.91 Å². The molecule has 156 valence electrons. The van der Waals surface area contributed by atoms with Gasteiger partial charge in [0, 0.05) is 37.1 Å². The van der Waals surface area contributed by atoms with Gasteiger partial charge in [-0.05, 0) is 42.7 Å². The lowest BCUT2D eigenvalue weighted by Gasteiger charge is -2.19. The smallest absolute Gasteiger partial charge is 0.376 e. The van der Waals surface area contributed by atoms with Gasteiger partial charge >= 0.3 is 6.18 Å². The predicted octanol–water partition coefficient (Wildman–Crippen LogP) is 4.04. The molecule has 1 saturated heterocycles. The Morgan fingerprint density at radius 3 is 2.62 bits per heavy atom. The Hall–Kier alpha value is -2.84. The number of benzene rings is 2. The molecule has 2 aromatic rings. The number of halogens is 5. The van der Waals surface area contributed by atoms with E-state index in [-0.39, 0.29) is 24.1 Å². The summed E-state index contributed by atoms with van der Waals surface area (Å²) in [7, 11) is 0. The molecule has 1 fully saturated rings. The molecule has 3 rings (SSSR count). The number of nitrogens with one attached hydrogen (secondary N) is 2. The maximum Gasteiger partial charge on any atom is 0.416 e. The molecule has 9 heteroatoms. The van der Waals surface area contributed by atoms with Crippen LogP contribution in [0.25, 0.3) is 0 Å². The molecule has 0 bridgehead atoms. The van der Waals surface area contributed by atoms with Crippen LogP contribution in [0.15, 0.2) is 42.5 Å². The first-order chi connectivity index (χ1) is 13.7. The van der Waals surface area contributed by atoms with Crippen molar-refractivity contribution in [3.8, 4) is 0 Å². The van der Waals surface area contributed by atoms with E-state index < -0.39 is 23.4 Å². The molecule has 1 amide bonds. The Kier molecular flexibility index (Phi) is 6.24. The molecule has 1 heterocycles. The number of amides is 1. The highest BCUT2D eigenvalue weighted by atomic mass is 19.4. The normalized spacial score (nSPS) is 16.7. The van der Waals surface area contributed by atoms with Crippen molar-refractivity contribution < 1.29 is 26.7 Å². The maximum atomic E-state index is 13.4. The summed E-state index contributed by atoms with van der Waals surface area (Å²) in [6, 6.07) is 8.38. The Morgan fingerprint density at radius 1 is 1.10 bits per heavy atom. The third kappa shape index (κ3) is 5.58. The molecule has 0 radical (unpaired) electrons. The van der Waals surface area contributed by atoms with E-state index in [0.717, 1.165) is 30.7 Å². The lowest BCUT2D eigenvalue weighted by atomic mass is 10.1. The summed E-state index contributed by atoms with van der Waals surface area (Å²) in [6.45, 7) is 1.49. The second-order valence-corrected chi connectivity index (χ2v) is 6.94. The third-order valence-corrected chi connectivity index (χ3v) is 4.79. The van der Waals surface area contributed by atoms with Gasteiger partial charge in [0.1, 0.15) is 0 Å². The number of hydrogen-bond acceptors (Lipinski definition) is 3. The number of rotatable bonds is 6. The van der Waals surface area contributed by atoms with Crippen LogP contribution in [-0.4, -0.2) is 32.1 Å². The first kappa shape index (κ1) is 20.9. The van der Waals surface area contributed by atoms with Gasteiger partial charge in [-0.3, -0.25) is 4.79 Å². The first-order valence-corrected chi connectivity index (χ1v) is 9.10. The van der Waals surface area contributed by atoms with Crippen LogP contribution in [0.5, 0.6) is 0 Å². The van der Waals surface area contributed by atoms with Crippen molar-refractivity contribution in [2.75, 3.05) is 36.4 Å². The Labute approximate surface area is 164 Å². The van der Waals surface area contributed by atoms with Gasteiger partial charge in [-0.2, -0.15) is 13.2 Å². The fourth-order valence-corrected chi connectivity index (χ4v) is 3.22. The van der Waals surface area contributed by atoms with Gasteiger partial charge in [-0.25, -0.2) is 8.78 Å². The van der Waals surface area contributed by atoms with Crippen molar-refractivity contribution in [2.24, 2.45) is 5.92 Å². The molecule has 1 aliphatic rings. The summed E-state index contributed by atoms with van der Waals surface area (Å²) in [5.41, 5.74) is 0.00970. The largest absolute Gasteiger partial charge is 0.416 e. The van der Waals surface area contributed by atoms with Gasteiger partial charge in [-0.1, -0.05) is 6.07 Å². The van der Waals surface area contributed by atoms with E-state index in [0.29, 0.717) is 25.3 Å². The molecule has 0 aliphatic carbocycles. The highest BCUT2D eigenvalue weighted by Crippen LogP contribution is 2.30. The third-order valence-electron chi connectivity index (χ3n) is 4.79. The zero-order chi connectivity index (χ0) is 21.0. The van der Waals surface area contributed by atoms with Gasteiger partial charge in [0.15, 0.2) is 11.6 Å². The summed E-state index contributed by atoms with van der Waals surface area (Å²) in [5, 5.41) is 5.43. The minimum absolute atomic E-state index is 0.139. The molecule has 0 aromatic heterocycles. The number of carbonyl (C=O) groups is 1. The average Bonchev–Trinajstić information content (AvgIpc) is 3.15. The van der Waals surface area contributed by atoms with E-state index in [1.54, 1.807) is 0 Å². The van der Waals surface area contributed by atoms with Crippen LogP contribution in [0.2, 0.25) is 0 Å². The molecule has 29 heavy (non-hydrogen) atoms. The van der Waals surface area contributed by atoms with Crippen LogP contribution >= 0.6 is 0 Å². The Bertz CT molecular complexity index is 871. The molecule has 2 aromatic carbocycles. The van der Waals surface area contributed by atoms with Crippen LogP contribution in [-0.2, 0) is 11.0 Å². The summed E-state index contributed by atoms with van der Waals surface area (Å²) in [4.78, 5) is 13.9. The standard InChI is InChI=1S/C20H20F5N3O/c21-17-5-4-16(9-18(17)22)28-7-6-13(12-28)10-27-19(29)11-26-15-3-1-2-14(8-15)20(23,24)25/h1-5,8-9,13,26H,6-7,10-12H2,(H,27,29). The van der Waals surface area contributed by atoms with Crippen molar-refractivity contribution in [3.05, 3.63) is 59.7 Å². The molecule has 1 atom stereocenters. The monoisotopic (exact) mass is 413 g/mol. The van der Waals surface area contributed by atoms with Gasteiger partial charge in [-0.15, -0.1) is 0 Å². The summed E-state index contributed by atoms with van der Waals surface area (Å²) in [5.74, 6) is -2.00. The summed E-state index contributed by atoms with van der Waals surface area (Å²) in [6.07, 6.45) is -3.66. The first-order valence-electron chi connectivity index (χ1n) is 9.10. The number of carbonyl (C=O) groups excluding carboxylic acids is 1.